The summed E-state index contributed by atoms with van der Waals surface area (Å²) in [5, 5.41) is 0. The van der Waals surface area contributed by atoms with Gasteiger partial charge in [-0.2, -0.15) is 0 Å². The molecule has 0 aromatic heterocycles. The van der Waals surface area contributed by atoms with E-state index in [1.54, 1.807) is 12.1 Å². The first-order chi connectivity index (χ1) is 12.9. The second kappa shape index (κ2) is 7.44. The third-order valence-electron chi connectivity index (χ3n) is 4.32. The average Bonchev–Trinajstić information content (AvgIpc) is 2.69. The van der Waals surface area contributed by atoms with Crippen LogP contribution in [0.15, 0.2) is 34.8 Å². The molecular weight excluding hydrogens is 416 g/mol. The van der Waals surface area contributed by atoms with E-state index in [1.165, 1.54) is 46.6 Å². The number of halogens is 1. The summed E-state index contributed by atoms with van der Waals surface area (Å²) in [6.45, 7) is 0. The van der Waals surface area contributed by atoms with Crippen LogP contribution in [0.5, 0.6) is 23.0 Å². The molecular formula is C20H17BrO6. The van der Waals surface area contributed by atoms with Crippen LogP contribution in [0.4, 0.5) is 0 Å². The lowest BCUT2D eigenvalue weighted by atomic mass is 9.86. The molecule has 0 heterocycles. The van der Waals surface area contributed by atoms with Crippen molar-refractivity contribution in [3.05, 3.63) is 51.5 Å². The quantitative estimate of drug-likeness (QED) is 0.712. The lowest BCUT2D eigenvalue weighted by Crippen LogP contribution is -2.17. The Bertz CT molecular complexity index is 977. The van der Waals surface area contributed by atoms with Gasteiger partial charge in [0.2, 0.25) is 0 Å². The highest BCUT2D eigenvalue weighted by Crippen LogP contribution is 2.40. The molecule has 0 atom stereocenters. The van der Waals surface area contributed by atoms with Crippen LogP contribution >= 0.6 is 15.9 Å². The van der Waals surface area contributed by atoms with Crippen molar-refractivity contribution in [1.82, 2.24) is 0 Å². The standard InChI is InChI=1S/C20H17BrO6/c1-24-16-6-10(14(21)9-19(16)27-4)12-5-15(22)11-7-17(25-2)18(26-3)8-13(11)20(12)23/h5-9H,1-4H3. The summed E-state index contributed by atoms with van der Waals surface area (Å²) < 4.78 is 21.7. The van der Waals surface area contributed by atoms with Crippen molar-refractivity contribution in [2.24, 2.45) is 0 Å². The fourth-order valence-corrected chi connectivity index (χ4v) is 3.49. The van der Waals surface area contributed by atoms with Crippen molar-refractivity contribution in [2.45, 2.75) is 0 Å². The van der Waals surface area contributed by atoms with Gasteiger partial charge in [0.1, 0.15) is 0 Å². The SMILES string of the molecule is COc1cc(Br)c(C2=CC(=O)c3cc(OC)c(OC)cc3C2=O)cc1OC. The number of rotatable bonds is 5. The van der Waals surface area contributed by atoms with Gasteiger partial charge in [-0.15, -0.1) is 0 Å². The molecule has 7 heteroatoms. The lowest BCUT2D eigenvalue weighted by molar-refractivity contribution is 0.100. The summed E-state index contributed by atoms with van der Waals surface area (Å²) in [6.07, 6.45) is 1.32. The number of hydrogen-bond donors (Lipinski definition) is 0. The summed E-state index contributed by atoms with van der Waals surface area (Å²) in [7, 11) is 5.97. The molecule has 0 bridgehead atoms. The van der Waals surface area contributed by atoms with Crippen LogP contribution in [0.25, 0.3) is 5.57 Å². The number of methoxy groups -OCH3 is 4. The highest BCUT2D eigenvalue weighted by molar-refractivity contribution is 9.10. The van der Waals surface area contributed by atoms with Crippen molar-refractivity contribution < 1.29 is 28.5 Å². The maximum absolute atomic E-state index is 13.1. The number of allylic oxidation sites excluding steroid dienone is 2. The van der Waals surface area contributed by atoms with Crippen LogP contribution in [0, 0.1) is 0 Å². The zero-order chi connectivity index (χ0) is 19.7. The Morgan fingerprint density at radius 2 is 1.11 bits per heavy atom. The average molecular weight is 433 g/mol. The molecule has 0 radical (unpaired) electrons. The molecule has 0 amide bonds. The van der Waals surface area contributed by atoms with Gasteiger partial charge in [0, 0.05) is 26.7 Å². The minimum atomic E-state index is -0.293. The van der Waals surface area contributed by atoms with Crippen LogP contribution in [0.1, 0.15) is 26.3 Å². The first-order valence-corrected chi connectivity index (χ1v) is 8.73. The van der Waals surface area contributed by atoms with Crippen LogP contribution < -0.4 is 18.9 Å². The van der Waals surface area contributed by atoms with E-state index >= 15 is 0 Å². The number of hydrogen-bond acceptors (Lipinski definition) is 6. The van der Waals surface area contributed by atoms with Gasteiger partial charge in [-0.05, 0) is 30.3 Å². The third-order valence-corrected chi connectivity index (χ3v) is 4.97. The number of fused-ring (bicyclic) bond motifs is 1. The molecule has 0 aliphatic heterocycles. The number of ketones is 2. The summed E-state index contributed by atoms with van der Waals surface area (Å²) in [4.78, 5) is 25.8. The minimum absolute atomic E-state index is 0.257. The summed E-state index contributed by atoms with van der Waals surface area (Å²) in [5.41, 5.74) is 1.33. The van der Waals surface area contributed by atoms with Crippen LogP contribution in [-0.4, -0.2) is 40.0 Å². The van der Waals surface area contributed by atoms with Crippen molar-refractivity contribution in [3.8, 4) is 23.0 Å². The fraction of sp³-hybridized carbons (Fsp3) is 0.200. The van der Waals surface area contributed by atoms with E-state index in [9.17, 15) is 9.59 Å². The molecule has 6 nitrogen and oxygen atoms in total. The van der Waals surface area contributed by atoms with Crippen molar-refractivity contribution in [1.29, 1.82) is 0 Å². The molecule has 0 saturated carbocycles. The smallest absolute Gasteiger partial charge is 0.194 e. The van der Waals surface area contributed by atoms with E-state index in [2.05, 4.69) is 15.9 Å². The zero-order valence-corrected chi connectivity index (χ0v) is 16.8. The molecule has 27 heavy (non-hydrogen) atoms. The van der Waals surface area contributed by atoms with E-state index in [4.69, 9.17) is 18.9 Å². The van der Waals surface area contributed by atoms with Gasteiger partial charge in [-0.3, -0.25) is 9.59 Å². The minimum Gasteiger partial charge on any atom is -0.493 e. The van der Waals surface area contributed by atoms with Gasteiger partial charge in [-0.25, -0.2) is 0 Å². The highest BCUT2D eigenvalue weighted by Gasteiger charge is 2.30. The Balaban J connectivity index is 2.17. The van der Waals surface area contributed by atoms with Gasteiger partial charge in [0.05, 0.1) is 28.4 Å². The van der Waals surface area contributed by atoms with Crippen molar-refractivity contribution in [3.63, 3.8) is 0 Å². The molecule has 0 N–H and O–H groups in total. The Morgan fingerprint density at radius 3 is 1.63 bits per heavy atom. The summed E-state index contributed by atoms with van der Waals surface area (Å²) in [5.74, 6) is 1.15. The topological polar surface area (TPSA) is 71.1 Å². The molecule has 0 spiro atoms. The van der Waals surface area contributed by atoms with Gasteiger partial charge in [-0.1, -0.05) is 15.9 Å². The van der Waals surface area contributed by atoms with Crippen LogP contribution in [0.2, 0.25) is 0 Å². The Labute approximate surface area is 164 Å². The fourth-order valence-electron chi connectivity index (χ4n) is 2.95. The number of benzene rings is 2. The van der Waals surface area contributed by atoms with E-state index in [1.807, 2.05) is 0 Å². The van der Waals surface area contributed by atoms with Crippen molar-refractivity contribution >= 4 is 33.1 Å². The zero-order valence-electron chi connectivity index (χ0n) is 15.2. The monoisotopic (exact) mass is 432 g/mol. The van der Waals surface area contributed by atoms with Crippen LogP contribution in [-0.2, 0) is 0 Å². The normalized spacial score (nSPS) is 13.0. The van der Waals surface area contributed by atoms with E-state index in [0.29, 0.717) is 33.0 Å². The van der Waals surface area contributed by atoms with Gasteiger partial charge >= 0.3 is 0 Å². The Hall–Kier alpha value is -2.80. The maximum atomic E-state index is 13.1. The third kappa shape index (κ3) is 3.19. The Morgan fingerprint density at radius 1 is 0.667 bits per heavy atom. The van der Waals surface area contributed by atoms with E-state index in [0.717, 1.165) is 0 Å². The van der Waals surface area contributed by atoms with Gasteiger partial charge in [0.15, 0.2) is 34.6 Å². The van der Waals surface area contributed by atoms with Crippen molar-refractivity contribution in [2.75, 3.05) is 28.4 Å². The predicted octanol–water partition coefficient (Wildman–Crippen LogP) is 3.95. The second-order valence-corrected chi connectivity index (χ2v) is 6.55. The predicted molar refractivity (Wildman–Crippen MR) is 103 cm³/mol. The molecule has 1 aliphatic carbocycles. The highest BCUT2D eigenvalue weighted by atomic mass is 79.9. The van der Waals surface area contributed by atoms with E-state index < -0.39 is 0 Å². The van der Waals surface area contributed by atoms with E-state index in [-0.39, 0.29) is 28.3 Å². The number of carbonyl (C=O) groups is 2. The summed E-state index contributed by atoms with van der Waals surface area (Å²) in [6, 6.07) is 6.39. The molecule has 0 unspecified atom stereocenters. The van der Waals surface area contributed by atoms with Gasteiger partial charge < -0.3 is 18.9 Å². The number of Topliss-reactive ketones (excluding diaryl/α,β-unsaturated/α-hetero) is 1. The first kappa shape index (κ1) is 19.0. The maximum Gasteiger partial charge on any atom is 0.194 e. The molecule has 2 aromatic carbocycles. The Kier molecular flexibility index (Phi) is 5.23. The largest absolute Gasteiger partial charge is 0.493 e. The molecule has 140 valence electrons. The first-order valence-electron chi connectivity index (χ1n) is 7.93. The molecule has 0 saturated heterocycles. The summed E-state index contributed by atoms with van der Waals surface area (Å²) >= 11 is 3.44. The molecule has 1 aliphatic rings. The number of ether oxygens (including phenoxy) is 4. The number of carbonyl (C=O) groups excluding carboxylic acids is 2. The molecule has 3 rings (SSSR count). The van der Waals surface area contributed by atoms with Gasteiger partial charge in [0.25, 0.3) is 0 Å². The van der Waals surface area contributed by atoms with Crippen LogP contribution in [0.3, 0.4) is 0 Å². The lowest BCUT2D eigenvalue weighted by Gasteiger charge is -2.19. The molecule has 2 aromatic rings. The second-order valence-electron chi connectivity index (χ2n) is 5.69. The molecule has 0 fully saturated rings.